The lowest BCUT2D eigenvalue weighted by Gasteiger charge is -2.17. The molecule has 0 aliphatic heterocycles. The van der Waals surface area contributed by atoms with Crippen molar-refractivity contribution in [2.75, 3.05) is 6.61 Å². The van der Waals surface area contributed by atoms with Gasteiger partial charge in [0.2, 0.25) is 15.9 Å². The Morgan fingerprint density at radius 1 is 1.15 bits per heavy atom. The van der Waals surface area contributed by atoms with Gasteiger partial charge in [0, 0.05) is 0 Å². The van der Waals surface area contributed by atoms with Crippen molar-refractivity contribution in [3.63, 3.8) is 0 Å². The molecule has 2 aromatic carbocycles. The summed E-state index contributed by atoms with van der Waals surface area (Å²) in [6, 6.07) is 11.0. The topological polar surface area (TPSA) is 84.1 Å². The monoisotopic (exact) mass is 373 g/mol. The second-order valence-corrected chi connectivity index (χ2v) is 8.29. The molecule has 6 nitrogen and oxygen atoms in total. The molecule has 0 spiro atoms. The second kappa shape index (κ2) is 7.09. The highest BCUT2D eigenvalue weighted by Gasteiger charge is 2.22. The molecule has 0 radical (unpaired) electrons. The van der Waals surface area contributed by atoms with Gasteiger partial charge < -0.3 is 4.74 Å². The van der Waals surface area contributed by atoms with Crippen LogP contribution in [-0.4, -0.2) is 31.3 Å². The Hall–Kier alpha value is -2.38. The number of rotatable bonds is 6. The molecule has 0 saturated carbocycles. The van der Waals surface area contributed by atoms with E-state index in [9.17, 15) is 8.42 Å². The Labute approximate surface area is 153 Å². The average Bonchev–Trinajstić information content (AvgIpc) is 2.94. The Morgan fingerprint density at radius 3 is 2.50 bits per heavy atom. The first-order chi connectivity index (χ1) is 12.3. The minimum atomic E-state index is -3.63. The Bertz CT molecular complexity index is 1020. The summed E-state index contributed by atoms with van der Waals surface area (Å²) in [5.74, 6) is 0.467. The molecular formula is C19H23N3O3S. The third-order valence-corrected chi connectivity index (χ3v) is 6.03. The molecule has 1 heterocycles. The van der Waals surface area contributed by atoms with Crippen molar-refractivity contribution in [2.45, 2.75) is 38.6 Å². The minimum Gasteiger partial charge on any atom is -0.474 e. The quantitative estimate of drug-likeness (QED) is 0.695. The summed E-state index contributed by atoms with van der Waals surface area (Å²) in [5, 5.41) is 7.90. The van der Waals surface area contributed by atoms with Crippen LogP contribution in [0.25, 0.3) is 10.9 Å². The molecule has 2 N–H and O–H groups in total. The first kappa shape index (κ1) is 18.4. The van der Waals surface area contributed by atoms with Crippen molar-refractivity contribution in [3.8, 4) is 5.88 Å². The van der Waals surface area contributed by atoms with Gasteiger partial charge in [-0.1, -0.05) is 29.8 Å². The second-order valence-electron chi connectivity index (χ2n) is 6.64. The van der Waals surface area contributed by atoms with Gasteiger partial charge in [0.1, 0.15) is 6.61 Å². The number of ether oxygens (including phenoxy) is 1. The number of nitrogens with zero attached hydrogens (tertiary/aromatic N) is 1. The zero-order valence-electron chi connectivity index (χ0n) is 15.3. The third-order valence-electron chi connectivity index (χ3n) is 4.14. The lowest BCUT2D eigenvalue weighted by atomic mass is 10.1. The summed E-state index contributed by atoms with van der Waals surface area (Å²) in [6.45, 7) is 7.52. The number of aryl methyl sites for hydroxylation is 3. The normalized spacial score (nSPS) is 13.1. The molecule has 0 aliphatic carbocycles. The fourth-order valence-corrected chi connectivity index (χ4v) is 4.88. The van der Waals surface area contributed by atoms with Crippen LogP contribution in [0.15, 0.2) is 41.3 Å². The predicted octanol–water partition coefficient (Wildman–Crippen LogP) is 3.23. The smallest absolute Gasteiger partial charge is 0.241 e. The number of benzene rings is 2. The average molecular weight is 373 g/mol. The standard InChI is InChI=1S/C19H23N3O3S/c1-12-9-13(2)18(14(3)10-12)26(23,24)22-15(4)11-25-19-16-7-5-6-8-17(16)20-21-19/h5-10,15,22H,11H2,1-4H3,(H,20,21)/t15-/m0/s1. The van der Waals surface area contributed by atoms with Gasteiger partial charge >= 0.3 is 0 Å². The van der Waals surface area contributed by atoms with Gasteiger partial charge in [-0.3, -0.25) is 5.10 Å². The van der Waals surface area contributed by atoms with Crippen LogP contribution >= 0.6 is 0 Å². The number of H-pyrrole nitrogens is 1. The Kier molecular flexibility index (Phi) is 5.02. The maximum Gasteiger partial charge on any atom is 0.241 e. The van der Waals surface area contributed by atoms with E-state index in [0.29, 0.717) is 10.8 Å². The lowest BCUT2D eigenvalue weighted by Crippen LogP contribution is -2.37. The minimum absolute atomic E-state index is 0.179. The van der Waals surface area contributed by atoms with Crippen LogP contribution in [0.5, 0.6) is 5.88 Å². The molecule has 0 bridgehead atoms. The maximum atomic E-state index is 12.8. The van der Waals surface area contributed by atoms with Crippen LogP contribution in [-0.2, 0) is 10.0 Å². The summed E-state index contributed by atoms with van der Waals surface area (Å²) >= 11 is 0. The number of para-hydroxylation sites is 1. The number of sulfonamides is 1. The van der Waals surface area contributed by atoms with Gasteiger partial charge in [0.15, 0.2) is 0 Å². The van der Waals surface area contributed by atoms with Crippen LogP contribution in [0.4, 0.5) is 0 Å². The molecule has 0 unspecified atom stereocenters. The number of aromatic amines is 1. The Balaban J connectivity index is 1.72. The number of aromatic nitrogens is 2. The molecular weight excluding hydrogens is 350 g/mol. The maximum absolute atomic E-state index is 12.8. The van der Waals surface area contributed by atoms with Crippen LogP contribution in [0.1, 0.15) is 23.6 Å². The molecule has 1 aromatic heterocycles. The number of hydrogen-bond acceptors (Lipinski definition) is 4. The predicted molar refractivity (Wildman–Crippen MR) is 102 cm³/mol. The lowest BCUT2D eigenvalue weighted by molar-refractivity contribution is 0.279. The van der Waals surface area contributed by atoms with Crippen molar-refractivity contribution in [2.24, 2.45) is 0 Å². The van der Waals surface area contributed by atoms with Crippen molar-refractivity contribution in [3.05, 3.63) is 53.1 Å². The van der Waals surface area contributed by atoms with Crippen molar-refractivity contribution in [1.82, 2.24) is 14.9 Å². The highest BCUT2D eigenvalue weighted by Crippen LogP contribution is 2.23. The van der Waals surface area contributed by atoms with Crippen LogP contribution in [0, 0.1) is 20.8 Å². The van der Waals surface area contributed by atoms with E-state index in [-0.39, 0.29) is 6.61 Å². The van der Waals surface area contributed by atoms with Gasteiger partial charge in [-0.25, -0.2) is 13.1 Å². The van der Waals surface area contributed by atoms with Crippen molar-refractivity contribution < 1.29 is 13.2 Å². The zero-order valence-corrected chi connectivity index (χ0v) is 16.1. The highest BCUT2D eigenvalue weighted by atomic mass is 32.2. The molecule has 138 valence electrons. The largest absolute Gasteiger partial charge is 0.474 e. The van der Waals surface area contributed by atoms with E-state index in [2.05, 4.69) is 14.9 Å². The first-order valence-corrected chi connectivity index (χ1v) is 9.92. The van der Waals surface area contributed by atoms with E-state index in [1.165, 1.54) is 0 Å². The first-order valence-electron chi connectivity index (χ1n) is 8.44. The van der Waals surface area contributed by atoms with Crippen LogP contribution < -0.4 is 9.46 Å². The van der Waals surface area contributed by atoms with E-state index in [0.717, 1.165) is 27.6 Å². The van der Waals surface area contributed by atoms with E-state index in [4.69, 9.17) is 4.74 Å². The number of fused-ring (bicyclic) bond motifs is 1. The van der Waals surface area contributed by atoms with Crippen LogP contribution in [0.2, 0.25) is 0 Å². The molecule has 3 rings (SSSR count). The summed E-state index contributed by atoms with van der Waals surface area (Å²) in [5.41, 5.74) is 3.39. The van der Waals surface area contributed by atoms with E-state index < -0.39 is 16.1 Å². The summed E-state index contributed by atoms with van der Waals surface area (Å²) in [7, 11) is -3.63. The Morgan fingerprint density at radius 2 is 1.81 bits per heavy atom. The fourth-order valence-electron chi connectivity index (χ4n) is 3.20. The molecule has 0 amide bonds. The number of nitrogens with one attached hydrogen (secondary N) is 2. The molecule has 0 fully saturated rings. The zero-order chi connectivity index (χ0) is 18.9. The molecule has 0 aliphatic rings. The van der Waals surface area contributed by atoms with Gasteiger partial charge in [-0.2, -0.15) is 0 Å². The van der Waals surface area contributed by atoms with Gasteiger partial charge in [-0.05, 0) is 51.0 Å². The third kappa shape index (κ3) is 3.73. The SMILES string of the molecule is Cc1cc(C)c(S(=O)(=O)N[C@@H](C)COc2n[nH]c3ccccc23)c(C)c1. The molecule has 7 heteroatoms. The molecule has 26 heavy (non-hydrogen) atoms. The molecule has 0 saturated heterocycles. The van der Waals surface area contributed by atoms with Gasteiger partial charge in [0.05, 0.1) is 21.8 Å². The number of hydrogen-bond donors (Lipinski definition) is 2. The van der Waals surface area contributed by atoms with Gasteiger partial charge in [-0.15, -0.1) is 5.10 Å². The molecule has 3 aromatic rings. The summed E-state index contributed by atoms with van der Waals surface area (Å²) in [6.07, 6.45) is 0. The van der Waals surface area contributed by atoms with Gasteiger partial charge in [0.25, 0.3) is 0 Å². The van der Waals surface area contributed by atoms with E-state index in [1.54, 1.807) is 6.92 Å². The van der Waals surface area contributed by atoms with Crippen molar-refractivity contribution in [1.29, 1.82) is 0 Å². The molecule has 1 atom stereocenters. The van der Waals surface area contributed by atoms with Crippen molar-refractivity contribution >= 4 is 20.9 Å². The fraction of sp³-hybridized carbons (Fsp3) is 0.316. The van der Waals surface area contributed by atoms with E-state index >= 15 is 0 Å². The van der Waals surface area contributed by atoms with Crippen LogP contribution in [0.3, 0.4) is 0 Å². The highest BCUT2D eigenvalue weighted by molar-refractivity contribution is 7.89. The van der Waals surface area contributed by atoms with E-state index in [1.807, 2.05) is 57.2 Å². The summed E-state index contributed by atoms with van der Waals surface area (Å²) in [4.78, 5) is 0.333. The summed E-state index contributed by atoms with van der Waals surface area (Å²) < 4.78 is 34.0.